The van der Waals surface area contributed by atoms with Gasteiger partial charge in [-0.25, -0.2) is 0 Å². The third kappa shape index (κ3) is 1.60. The van der Waals surface area contributed by atoms with E-state index in [-0.39, 0.29) is 6.61 Å². The van der Waals surface area contributed by atoms with Gasteiger partial charge in [0.05, 0.1) is 6.61 Å². The lowest BCUT2D eigenvalue weighted by Gasteiger charge is -2.06. The summed E-state index contributed by atoms with van der Waals surface area (Å²) in [5.41, 5.74) is 1.000. The van der Waals surface area contributed by atoms with Crippen LogP contribution in [0.1, 0.15) is 5.56 Å². The Labute approximate surface area is 99.3 Å². The molecule has 0 radical (unpaired) electrons. The highest BCUT2D eigenvalue weighted by molar-refractivity contribution is 9.10. The highest BCUT2D eigenvalue weighted by Crippen LogP contribution is 2.38. The maximum absolute atomic E-state index is 9.22. The van der Waals surface area contributed by atoms with Crippen LogP contribution in [0.4, 0.5) is 0 Å². The first-order valence-corrected chi connectivity index (χ1v) is 7.01. The lowest BCUT2D eigenvalue weighted by Crippen LogP contribution is -1.85. The summed E-state index contributed by atoms with van der Waals surface area (Å²) < 4.78 is 2.26. The smallest absolute Gasteiger partial charge is 0.0696 e. The Morgan fingerprint density at radius 1 is 1.57 bits per heavy atom. The van der Waals surface area contributed by atoms with Crippen LogP contribution in [0.25, 0.3) is 10.1 Å². The molecule has 0 spiro atoms. The first-order chi connectivity index (χ1) is 6.77. The minimum absolute atomic E-state index is 0.101. The summed E-state index contributed by atoms with van der Waals surface area (Å²) in [7, 11) is 0. The summed E-state index contributed by atoms with van der Waals surface area (Å²) in [5, 5.41) is 12.5. The molecule has 0 atom stereocenters. The molecule has 1 aromatic heterocycles. The minimum Gasteiger partial charge on any atom is -0.392 e. The summed E-state index contributed by atoms with van der Waals surface area (Å²) in [6.45, 7) is 0.101. The van der Waals surface area contributed by atoms with Crippen LogP contribution in [-0.2, 0) is 6.61 Å². The third-order valence-electron chi connectivity index (χ3n) is 2.09. The number of rotatable bonds is 2. The number of thiophene rings is 1. The minimum atomic E-state index is 0.101. The Balaban J connectivity index is 2.81. The average molecular weight is 289 g/mol. The molecule has 0 fully saturated rings. The molecule has 1 heterocycles. The molecule has 2 rings (SSSR count). The fourth-order valence-corrected chi connectivity index (χ4v) is 4.07. The molecule has 0 unspecified atom stereocenters. The predicted octanol–water partition coefficient (Wildman–Crippen LogP) is 3.88. The van der Waals surface area contributed by atoms with Gasteiger partial charge in [-0.1, -0.05) is 0 Å². The van der Waals surface area contributed by atoms with Gasteiger partial charge in [0.15, 0.2) is 0 Å². The van der Waals surface area contributed by atoms with E-state index in [0.29, 0.717) is 0 Å². The maximum atomic E-state index is 9.22. The predicted molar refractivity (Wildman–Crippen MR) is 67.2 cm³/mol. The molecule has 0 saturated carbocycles. The standard InChI is InChI=1S/C10H9BrOS2/c1-13-10-7-2-3-14-9(7)6(5-12)4-8(10)11/h2-4,12H,5H2,1H3. The number of benzene rings is 1. The van der Waals surface area contributed by atoms with Gasteiger partial charge >= 0.3 is 0 Å². The van der Waals surface area contributed by atoms with Crippen molar-refractivity contribution in [1.82, 2.24) is 0 Å². The molecule has 0 aliphatic heterocycles. The van der Waals surface area contributed by atoms with Gasteiger partial charge in [-0.2, -0.15) is 0 Å². The van der Waals surface area contributed by atoms with Crippen molar-refractivity contribution in [2.24, 2.45) is 0 Å². The molecule has 2 aromatic rings. The molecule has 4 heteroatoms. The zero-order valence-corrected chi connectivity index (χ0v) is 10.8. The van der Waals surface area contributed by atoms with Crippen LogP contribution < -0.4 is 0 Å². The second-order valence-electron chi connectivity index (χ2n) is 2.87. The van der Waals surface area contributed by atoms with E-state index in [0.717, 1.165) is 10.0 Å². The number of hydrogen-bond acceptors (Lipinski definition) is 3. The number of fused-ring (bicyclic) bond motifs is 1. The van der Waals surface area contributed by atoms with Crippen molar-refractivity contribution >= 4 is 49.1 Å². The summed E-state index contributed by atoms with van der Waals surface area (Å²) in [6.07, 6.45) is 2.07. The van der Waals surface area contributed by atoms with Crippen LogP contribution >= 0.6 is 39.0 Å². The van der Waals surface area contributed by atoms with Crippen LogP contribution in [-0.4, -0.2) is 11.4 Å². The molecule has 14 heavy (non-hydrogen) atoms. The normalized spacial score (nSPS) is 11.1. The quantitative estimate of drug-likeness (QED) is 0.847. The fourth-order valence-electron chi connectivity index (χ4n) is 1.47. The van der Waals surface area contributed by atoms with Crippen molar-refractivity contribution < 1.29 is 5.11 Å². The monoisotopic (exact) mass is 288 g/mol. The highest BCUT2D eigenvalue weighted by Gasteiger charge is 2.10. The zero-order chi connectivity index (χ0) is 10.1. The highest BCUT2D eigenvalue weighted by atomic mass is 79.9. The maximum Gasteiger partial charge on any atom is 0.0696 e. The van der Waals surface area contributed by atoms with E-state index in [4.69, 9.17) is 0 Å². The SMILES string of the molecule is CSc1c(Br)cc(CO)c2sccc12. The van der Waals surface area contributed by atoms with Gasteiger partial charge in [0.2, 0.25) is 0 Å². The molecule has 0 amide bonds. The van der Waals surface area contributed by atoms with E-state index in [1.165, 1.54) is 15.0 Å². The fraction of sp³-hybridized carbons (Fsp3) is 0.200. The Morgan fingerprint density at radius 2 is 2.36 bits per heavy atom. The Morgan fingerprint density at radius 3 is 3.00 bits per heavy atom. The molecular weight excluding hydrogens is 280 g/mol. The lowest BCUT2D eigenvalue weighted by molar-refractivity contribution is 0.283. The van der Waals surface area contributed by atoms with E-state index >= 15 is 0 Å². The number of halogens is 1. The van der Waals surface area contributed by atoms with E-state index < -0.39 is 0 Å². The third-order valence-corrected chi connectivity index (χ3v) is 4.82. The van der Waals surface area contributed by atoms with Crippen LogP contribution in [0.3, 0.4) is 0 Å². The van der Waals surface area contributed by atoms with Gasteiger partial charge in [0.1, 0.15) is 0 Å². The molecule has 0 saturated heterocycles. The Hall–Kier alpha value is -0.0300. The van der Waals surface area contributed by atoms with Crippen molar-refractivity contribution in [3.8, 4) is 0 Å². The van der Waals surface area contributed by atoms with E-state index in [1.807, 2.05) is 6.07 Å². The molecule has 1 aromatic carbocycles. The molecule has 1 N–H and O–H groups in total. The molecular formula is C10H9BrOS2. The van der Waals surface area contributed by atoms with Crippen LogP contribution in [0.5, 0.6) is 0 Å². The second kappa shape index (κ2) is 4.23. The van der Waals surface area contributed by atoms with Gasteiger partial charge in [0.25, 0.3) is 0 Å². The molecule has 1 nitrogen and oxygen atoms in total. The molecule has 0 bridgehead atoms. The largest absolute Gasteiger partial charge is 0.392 e. The molecule has 0 aliphatic carbocycles. The van der Waals surface area contributed by atoms with Crippen LogP contribution in [0.2, 0.25) is 0 Å². The second-order valence-corrected chi connectivity index (χ2v) is 5.46. The van der Waals surface area contributed by atoms with Crippen molar-refractivity contribution in [3.05, 3.63) is 27.5 Å². The molecule has 74 valence electrons. The van der Waals surface area contributed by atoms with Crippen molar-refractivity contribution in [2.45, 2.75) is 11.5 Å². The number of thioether (sulfide) groups is 1. The van der Waals surface area contributed by atoms with Gasteiger partial charge in [-0.15, -0.1) is 23.1 Å². The summed E-state index contributed by atoms with van der Waals surface area (Å²) in [4.78, 5) is 1.25. The van der Waals surface area contributed by atoms with Gasteiger partial charge in [-0.05, 0) is 45.3 Å². The number of hydrogen-bond donors (Lipinski definition) is 1. The van der Waals surface area contributed by atoms with Gasteiger partial charge in [0, 0.05) is 19.5 Å². The summed E-state index contributed by atoms with van der Waals surface area (Å²) in [6, 6.07) is 4.11. The first kappa shape index (κ1) is 10.5. The Kier molecular flexibility index (Phi) is 3.17. The van der Waals surface area contributed by atoms with Crippen LogP contribution in [0.15, 0.2) is 26.9 Å². The van der Waals surface area contributed by atoms with Crippen molar-refractivity contribution in [3.63, 3.8) is 0 Å². The van der Waals surface area contributed by atoms with Gasteiger partial charge < -0.3 is 5.11 Å². The van der Waals surface area contributed by atoms with Gasteiger partial charge in [-0.3, -0.25) is 0 Å². The first-order valence-electron chi connectivity index (χ1n) is 4.11. The topological polar surface area (TPSA) is 20.2 Å². The lowest BCUT2D eigenvalue weighted by atomic mass is 10.2. The summed E-state index contributed by atoms with van der Waals surface area (Å²) >= 11 is 6.94. The number of aliphatic hydroxyl groups is 1. The number of aliphatic hydroxyl groups excluding tert-OH is 1. The van der Waals surface area contributed by atoms with Crippen molar-refractivity contribution in [1.29, 1.82) is 0 Å². The van der Waals surface area contributed by atoms with E-state index in [1.54, 1.807) is 23.1 Å². The van der Waals surface area contributed by atoms with Crippen molar-refractivity contribution in [2.75, 3.05) is 6.26 Å². The van der Waals surface area contributed by atoms with Crippen LogP contribution in [0, 0.1) is 0 Å². The molecule has 0 aliphatic rings. The summed E-state index contributed by atoms with van der Waals surface area (Å²) in [5.74, 6) is 0. The van der Waals surface area contributed by atoms with E-state index in [9.17, 15) is 5.11 Å². The average Bonchev–Trinajstić information content (AvgIpc) is 2.65. The van der Waals surface area contributed by atoms with E-state index in [2.05, 4.69) is 33.6 Å². The Bertz CT molecular complexity index is 464. The zero-order valence-electron chi connectivity index (χ0n) is 7.58.